The highest BCUT2D eigenvalue weighted by atomic mass is 19.1. The summed E-state index contributed by atoms with van der Waals surface area (Å²) in [4.78, 5) is 0. The average molecular weight is 646 g/mol. The number of ether oxygens (including phenoxy) is 1. The Morgan fingerprint density at radius 3 is 1.09 bits per heavy atom. The SMILES string of the molecule is C.C.CC1(C)C(N)C(C)(C)C(C)(C)C(C)(O)C1(C)C.CC1(C)OC(C)(C)C(C)(N)C1(C)C.Cc1c(F)c(C)c(F)c(N)c1F.[BH]. The Morgan fingerprint density at radius 1 is 0.600 bits per heavy atom. The fourth-order valence-corrected chi connectivity index (χ4v) is 6.94. The first kappa shape index (κ1) is 48.1. The molecular weight excluding hydrogens is 574 g/mol. The van der Waals surface area contributed by atoms with Crippen LogP contribution in [0.3, 0.4) is 0 Å². The maximum Gasteiger partial charge on any atom is 0.154 e. The summed E-state index contributed by atoms with van der Waals surface area (Å²) in [6.45, 7) is 36.5. The van der Waals surface area contributed by atoms with Gasteiger partial charge < -0.3 is 27.0 Å². The lowest BCUT2D eigenvalue weighted by Crippen LogP contribution is -2.75. The van der Waals surface area contributed by atoms with Crippen LogP contribution in [-0.4, -0.2) is 41.9 Å². The van der Waals surface area contributed by atoms with Gasteiger partial charge in [-0.15, -0.1) is 0 Å². The van der Waals surface area contributed by atoms with E-state index in [0.29, 0.717) is 0 Å². The summed E-state index contributed by atoms with van der Waals surface area (Å²) < 4.78 is 44.6. The van der Waals surface area contributed by atoms with Crippen LogP contribution in [0.1, 0.15) is 137 Å². The third kappa shape index (κ3) is 6.58. The van der Waals surface area contributed by atoms with Crippen molar-refractivity contribution in [1.29, 1.82) is 0 Å². The lowest BCUT2D eigenvalue weighted by Gasteiger charge is -2.70. The summed E-state index contributed by atoms with van der Waals surface area (Å²) >= 11 is 0. The van der Waals surface area contributed by atoms with Gasteiger partial charge in [-0.25, -0.2) is 13.2 Å². The van der Waals surface area contributed by atoms with Gasteiger partial charge in [-0.3, -0.25) is 0 Å². The molecule has 0 amide bonds. The van der Waals surface area contributed by atoms with E-state index >= 15 is 0 Å². The molecule has 9 heteroatoms. The van der Waals surface area contributed by atoms with Crippen LogP contribution in [0.15, 0.2) is 0 Å². The minimum absolute atomic E-state index is 0. The lowest BCUT2D eigenvalue weighted by atomic mass is 9.37. The predicted molar refractivity (Wildman–Crippen MR) is 190 cm³/mol. The number of rotatable bonds is 0. The molecule has 45 heavy (non-hydrogen) atoms. The van der Waals surface area contributed by atoms with Crippen LogP contribution in [0, 0.1) is 58.4 Å². The summed E-state index contributed by atoms with van der Waals surface area (Å²) in [7, 11) is 0. The molecule has 1 heterocycles. The van der Waals surface area contributed by atoms with E-state index < -0.39 is 28.7 Å². The van der Waals surface area contributed by atoms with Crippen molar-refractivity contribution in [3.63, 3.8) is 0 Å². The third-order valence-electron chi connectivity index (χ3n) is 13.6. The largest absolute Gasteiger partial charge is 0.394 e. The molecule has 2 aliphatic rings. The Balaban J connectivity index is -0.000000578. The van der Waals surface area contributed by atoms with E-state index in [0.717, 1.165) is 0 Å². The number of hydrogen-bond acceptors (Lipinski definition) is 5. The first-order valence-electron chi connectivity index (χ1n) is 14.9. The summed E-state index contributed by atoms with van der Waals surface area (Å²) in [5, 5.41) is 11.2. The van der Waals surface area contributed by atoms with Gasteiger partial charge in [0, 0.05) is 47.4 Å². The molecule has 1 saturated heterocycles. The lowest BCUT2D eigenvalue weighted by molar-refractivity contribution is -0.268. The Bertz CT molecular complexity index is 1030. The van der Waals surface area contributed by atoms with Crippen molar-refractivity contribution in [3.05, 3.63) is 28.6 Å². The van der Waals surface area contributed by atoms with Gasteiger partial charge in [0.1, 0.15) is 11.5 Å². The van der Waals surface area contributed by atoms with Crippen LogP contribution in [0.4, 0.5) is 18.9 Å². The Kier molecular flexibility index (Phi) is 14.2. The number of nitrogens with two attached hydrogens (primary N) is 3. The van der Waals surface area contributed by atoms with Crippen molar-refractivity contribution in [3.8, 4) is 0 Å². The molecule has 0 bridgehead atoms. The molecule has 3 rings (SSSR count). The zero-order chi connectivity index (χ0) is 34.2. The monoisotopic (exact) mass is 646 g/mol. The standard InChI is InChI=1S/C15H31NO.C11H23NO.C8H8F3N.2CH4.BH/c1-11(2)10(16)12(3,4)14(7,8)15(9,17)13(11,5)6;1-8(2)9(3,4)13-10(5,6)11(8,7)12;1-3-5(9)4(2)7(11)8(12)6(3)10;;;/h10,17H,16H2,1-9H3;12H2,1-7H3;12H2,1-2H3;2*1H4;1H. The highest BCUT2D eigenvalue weighted by molar-refractivity contribution is 5.75. The van der Waals surface area contributed by atoms with Crippen molar-refractivity contribution < 1.29 is 23.0 Å². The van der Waals surface area contributed by atoms with Gasteiger partial charge in [-0.05, 0) is 66.2 Å². The Morgan fingerprint density at radius 2 is 0.889 bits per heavy atom. The van der Waals surface area contributed by atoms with Crippen LogP contribution >= 0.6 is 0 Å². The fourth-order valence-electron chi connectivity index (χ4n) is 6.94. The van der Waals surface area contributed by atoms with E-state index in [-0.39, 0.29) is 84.3 Å². The average Bonchev–Trinajstić information content (AvgIpc) is 2.91. The van der Waals surface area contributed by atoms with E-state index in [4.69, 9.17) is 21.9 Å². The maximum absolute atomic E-state index is 12.9. The number of aliphatic hydroxyl groups is 1. The number of hydrogen-bond donors (Lipinski definition) is 4. The fraction of sp³-hybridized carbons (Fsp3) is 0.833. The van der Waals surface area contributed by atoms with Crippen molar-refractivity contribution in [2.24, 2.45) is 38.5 Å². The first-order valence-corrected chi connectivity index (χ1v) is 14.9. The second-order valence-corrected chi connectivity index (χ2v) is 16.8. The van der Waals surface area contributed by atoms with Crippen LogP contribution in [0.2, 0.25) is 0 Å². The molecule has 7 N–H and O–H groups in total. The number of halogens is 3. The Labute approximate surface area is 277 Å². The van der Waals surface area contributed by atoms with Gasteiger partial charge in [0.2, 0.25) is 0 Å². The number of benzene rings is 1. The molecular formula is C36H71BF3N3O2. The zero-order valence-corrected chi connectivity index (χ0v) is 30.5. The minimum Gasteiger partial charge on any atom is -0.394 e. The summed E-state index contributed by atoms with van der Waals surface area (Å²) in [6.07, 6.45) is 0. The highest BCUT2D eigenvalue weighted by Crippen LogP contribution is 2.67. The maximum atomic E-state index is 12.9. The quantitative estimate of drug-likeness (QED) is 0.167. The molecule has 1 saturated carbocycles. The van der Waals surface area contributed by atoms with E-state index in [2.05, 4.69) is 104 Å². The van der Waals surface area contributed by atoms with Crippen molar-refractivity contribution in [2.75, 3.05) is 5.73 Å². The van der Waals surface area contributed by atoms with Crippen LogP contribution in [0.25, 0.3) is 0 Å². The third-order valence-corrected chi connectivity index (χ3v) is 13.6. The summed E-state index contributed by atoms with van der Waals surface area (Å²) in [5.74, 6) is -2.91. The Hall–Kier alpha value is -1.29. The summed E-state index contributed by atoms with van der Waals surface area (Å²) in [5.41, 5.74) is 14.6. The van der Waals surface area contributed by atoms with Gasteiger partial charge in [0.05, 0.1) is 16.8 Å². The topological polar surface area (TPSA) is 108 Å². The van der Waals surface area contributed by atoms with Gasteiger partial charge in [0.25, 0.3) is 0 Å². The second-order valence-electron chi connectivity index (χ2n) is 16.8. The second kappa shape index (κ2) is 13.3. The van der Waals surface area contributed by atoms with Crippen molar-refractivity contribution in [2.45, 2.75) is 168 Å². The zero-order valence-electron chi connectivity index (χ0n) is 30.5. The molecule has 0 aromatic heterocycles. The normalized spacial score (nSPS) is 30.4. The molecule has 1 aromatic carbocycles. The van der Waals surface area contributed by atoms with E-state index in [1.54, 1.807) is 0 Å². The van der Waals surface area contributed by atoms with Gasteiger partial charge in [0.15, 0.2) is 11.6 Å². The molecule has 1 atom stereocenters. The molecule has 1 aliphatic carbocycles. The van der Waals surface area contributed by atoms with Crippen molar-refractivity contribution >= 4 is 14.1 Å². The van der Waals surface area contributed by atoms with Crippen LogP contribution in [-0.2, 0) is 4.74 Å². The smallest absolute Gasteiger partial charge is 0.154 e. The molecule has 266 valence electrons. The van der Waals surface area contributed by atoms with Crippen molar-refractivity contribution in [1.82, 2.24) is 0 Å². The minimum atomic E-state index is -1.02. The van der Waals surface area contributed by atoms with E-state index in [9.17, 15) is 18.3 Å². The van der Waals surface area contributed by atoms with Crippen LogP contribution < -0.4 is 17.2 Å². The highest BCUT2D eigenvalue weighted by Gasteiger charge is 2.69. The van der Waals surface area contributed by atoms with Crippen LogP contribution in [0.5, 0.6) is 0 Å². The molecule has 1 aliphatic heterocycles. The molecule has 0 spiro atoms. The molecule has 1 unspecified atom stereocenters. The molecule has 2 radical (unpaired) electrons. The predicted octanol–water partition coefficient (Wildman–Crippen LogP) is 8.43. The van der Waals surface area contributed by atoms with E-state index in [1.807, 2.05) is 6.92 Å². The van der Waals surface area contributed by atoms with Gasteiger partial charge >= 0.3 is 0 Å². The summed E-state index contributed by atoms with van der Waals surface area (Å²) in [6, 6.07) is 0.0558. The number of anilines is 1. The molecule has 1 aromatic rings. The number of nitrogen functional groups attached to an aromatic ring is 1. The van der Waals surface area contributed by atoms with Gasteiger partial charge in [-0.1, -0.05) is 84.1 Å². The first-order chi connectivity index (χ1) is 18.1. The molecule has 5 nitrogen and oxygen atoms in total. The van der Waals surface area contributed by atoms with Gasteiger partial charge in [-0.2, -0.15) is 0 Å². The molecule has 2 fully saturated rings. The van der Waals surface area contributed by atoms with E-state index in [1.165, 1.54) is 13.8 Å².